The highest BCUT2D eigenvalue weighted by Crippen LogP contribution is 2.38. The van der Waals surface area contributed by atoms with Crippen LogP contribution in [-0.4, -0.2) is 64.2 Å². The highest BCUT2D eigenvalue weighted by Gasteiger charge is 2.42. The van der Waals surface area contributed by atoms with Crippen molar-refractivity contribution in [3.63, 3.8) is 0 Å². The van der Waals surface area contributed by atoms with Gasteiger partial charge in [-0.25, -0.2) is 9.37 Å². The fourth-order valence-corrected chi connectivity index (χ4v) is 4.66. The Morgan fingerprint density at radius 1 is 1.31 bits per heavy atom. The molecule has 0 radical (unpaired) electrons. The summed E-state index contributed by atoms with van der Waals surface area (Å²) in [6, 6.07) is 2.47. The maximum atomic E-state index is 13.5. The maximum absolute atomic E-state index is 13.5. The average Bonchev–Trinajstić information content (AvgIpc) is 3.17. The number of rotatable bonds is 4. The van der Waals surface area contributed by atoms with Crippen LogP contribution in [0.1, 0.15) is 32.1 Å². The van der Waals surface area contributed by atoms with Crippen molar-refractivity contribution < 1.29 is 9.18 Å². The molecule has 0 saturated carbocycles. The Labute approximate surface area is 152 Å². The van der Waals surface area contributed by atoms with Crippen LogP contribution in [0.25, 0.3) is 0 Å². The molecule has 1 aromatic rings. The molecule has 3 aliphatic rings. The van der Waals surface area contributed by atoms with E-state index in [2.05, 4.69) is 20.2 Å². The first kappa shape index (κ1) is 17.2. The Kier molecular flexibility index (Phi) is 4.72. The second-order valence-corrected chi connectivity index (χ2v) is 7.43. The lowest BCUT2D eigenvalue weighted by Gasteiger charge is -2.40. The molecule has 26 heavy (non-hydrogen) atoms. The summed E-state index contributed by atoms with van der Waals surface area (Å²) in [5, 5.41) is 12.4. The lowest BCUT2D eigenvalue weighted by molar-refractivity contribution is -0.130. The van der Waals surface area contributed by atoms with Crippen LogP contribution in [0.15, 0.2) is 18.6 Å². The molecule has 3 aliphatic heterocycles. The number of anilines is 1. The molecule has 2 unspecified atom stereocenters. The molecule has 0 aromatic carbocycles. The van der Waals surface area contributed by atoms with Crippen molar-refractivity contribution in [2.24, 2.45) is 0 Å². The minimum atomic E-state index is -1.09. The van der Waals surface area contributed by atoms with Crippen molar-refractivity contribution in [1.29, 1.82) is 5.26 Å². The van der Waals surface area contributed by atoms with E-state index < -0.39 is 12.2 Å². The van der Waals surface area contributed by atoms with E-state index in [-0.39, 0.29) is 31.5 Å². The van der Waals surface area contributed by atoms with Gasteiger partial charge in [0.2, 0.25) is 5.91 Å². The second kappa shape index (κ2) is 7.16. The summed E-state index contributed by atoms with van der Waals surface area (Å²) >= 11 is 0. The summed E-state index contributed by atoms with van der Waals surface area (Å²) in [5.74, 6) is 0.748. The molecule has 3 fully saturated rings. The van der Waals surface area contributed by atoms with Crippen LogP contribution in [0, 0.1) is 11.3 Å². The van der Waals surface area contributed by atoms with Gasteiger partial charge >= 0.3 is 0 Å². The van der Waals surface area contributed by atoms with Crippen LogP contribution in [-0.2, 0) is 4.79 Å². The normalized spacial score (nSPS) is 33.3. The Bertz CT molecular complexity index is 681. The van der Waals surface area contributed by atoms with Crippen molar-refractivity contribution in [3.05, 3.63) is 18.6 Å². The topological polar surface area (TPSA) is 85.2 Å². The van der Waals surface area contributed by atoms with E-state index in [1.165, 1.54) is 4.90 Å². The van der Waals surface area contributed by atoms with Crippen molar-refractivity contribution in [1.82, 2.24) is 20.2 Å². The molecule has 1 aromatic heterocycles. The van der Waals surface area contributed by atoms with Gasteiger partial charge in [0, 0.05) is 36.9 Å². The third-order valence-corrected chi connectivity index (χ3v) is 5.81. The van der Waals surface area contributed by atoms with Crippen LogP contribution < -0.4 is 10.2 Å². The number of amides is 1. The highest BCUT2D eigenvalue weighted by atomic mass is 19.1. The molecule has 8 heteroatoms. The van der Waals surface area contributed by atoms with E-state index in [9.17, 15) is 9.18 Å². The Morgan fingerprint density at radius 3 is 2.73 bits per heavy atom. The smallest absolute Gasteiger partial charge is 0.237 e. The second-order valence-electron chi connectivity index (χ2n) is 7.43. The third-order valence-electron chi connectivity index (χ3n) is 5.81. The maximum Gasteiger partial charge on any atom is 0.237 e. The number of alkyl halides is 1. The van der Waals surface area contributed by atoms with E-state index in [4.69, 9.17) is 5.26 Å². The van der Waals surface area contributed by atoms with Gasteiger partial charge in [-0.15, -0.1) is 0 Å². The number of carbonyl (C=O) groups excluding carboxylic acids is 1. The summed E-state index contributed by atoms with van der Waals surface area (Å²) < 4.78 is 13.5. The van der Waals surface area contributed by atoms with E-state index >= 15 is 0 Å². The summed E-state index contributed by atoms with van der Waals surface area (Å²) in [7, 11) is 0. The molecular formula is C18H23FN6O. The molecule has 0 aliphatic carbocycles. The summed E-state index contributed by atoms with van der Waals surface area (Å²) in [6.07, 6.45) is 8.40. The number of fused-ring (bicyclic) bond motifs is 2. The van der Waals surface area contributed by atoms with Crippen LogP contribution in [0.4, 0.5) is 10.2 Å². The summed E-state index contributed by atoms with van der Waals surface area (Å²) in [6.45, 7) is 0.204. The van der Waals surface area contributed by atoms with E-state index in [0.29, 0.717) is 12.1 Å². The van der Waals surface area contributed by atoms with Gasteiger partial charge in [-0.1, -0.05) is 0 Å². The minimum Gasteiger partial charge on any atom is -0.349 e. The van der Waals surface area contributed by atoms with Crippen molar-refractivity contribution in [3.8, 4) is 6.07 Å². The van der Waals surface area contributed by atoms with Gasteiger partial charge in [0.15, 0.2) is 0 Å². The number of halogens is 1. The molecule has 138 valence electrons. The largest absolute Gasteiger partial charge is 0.349 e. The molecule has 7 nitrogen and oxygen atoms in total. The standard InChI is InChI=1S/C18H23FN6O/c19-12-5-16(8-20)24(11-12)18(26)10-23-13-6-14-1-2-15(7-13)25(14)17-9-21-3-4-22-17/h3-4,9,12-16,23H,1-2,5-7,10-11H2/t12-,13?,14?,15?,16-/m0/s1. The predicted octanol–water partition coefficient (Wildman–Crippen LogP) is 1.03. The lowest BCUT2D eigenvalue weighted by Crippen LogP contribution is -2.51. The van der Waals surface area contributed by atoms with Gasteiger partial charge in [0.25, 0.3) is 0 Å². The van der Waals surface area contributed by atoms with Gasteiger partial charge in [0.05, 0.1) is 25.4 Å². The molecular weight excluding hydrogens is 335 g/mol. The highest BCUT2D eigenvalue weighted by molar-refractivity contribution is 5.79. The molecule has 3 saturated heterocycles. The average molecular weight is 358 g/mol. The van der Waals surface area contributed by atoms with Crippen molar-refractivity contribution >= 4 is 11.7 Å². The number of nitrogens with one attached hydrogen (secondary N) is 1. The van der Waals surface area contributed by atoms with Gasteiger partial charge in [0.1, 0.15) is 18.0 Å². The first-order chi connectivity index (χ1) is 12.7. The number of carbonyl (C=O) groups is 1. The molecule has 4 atom stereocenters. The Hall–Kier alpha value is -2.27. The third kappa shape index (κ3) is 3.23. The first-order valence-corrected chi connectivity index (χ1v) is 9.26. The zero-order valence-corrected chi connectivity index (χ0v) is 14.6. The van der Waals surface area contributed by atoms with Crippen LogP contribution in [0.3, 0.4) is 0 Å². The summed E-state index contributed by atoms with van der Waals surface area (Å²) in [4.78, 5) is 24.7. The fraction of sp³-hybridized carbons (Fsp3) is 0.667. The van der Waals surface area contributed by atoms with Crippen molar-refractivity contribution in [2.45, 2.75) is 62.4 Å². The Balaban J connectivity index is 1.33. The molecule has 1 amide bonds. The van der Waals surface area contributed by atoms with Crippen LogP contribution in [0.5, 0.6) is 0 Å². The SMILES string of the molecule is N#C[C@@H]1C[C@H](F)CN1C(=O)CNC1CC2CCC(C1)N2c1cnccn1. The molecule has 4 rings (SSSR count). The fourth-order valence-electron chi connectivity index (χ4n) is 4.66. The van der Waals surface area contributed by atoms with Crippen LogP contribution >= 0.6 is 0 Å². The Morgan fingerprint density at radius 2 is 2.08 bits per heavy atom. The zero-order valence-electron chi connectivity index (χ0n) is 14.6. The number of hydrogen-bond acceptors (Lipinski definition) is 6. The molecule has 4 heterocycles. The van der Waals surface area contributed by atoms with Crippen LogP contribution in [0.2, 0.25) is 0 Å². The first-order valence-electron chi connectivity index (χ1n) is 9.26. The number of hydrogen-bond donors (Lipinski definition) is 1. The van der Waals surface area contributed by atoms with E-state index in [1.807, 2.05) is 12.3 Å². The monoisotopic (exact) mass is 358 g/mol. The lowest BCUT2D eigenvalue weighted by atomic mass is 9.97. The van der Waals surface area contributed by atoms with Gasteiger partial charge in [-0.05, 0) is 25.7 Å². The molecule has 2 bridgehead atoms. The number of piperidine rings is 1. The number of likely N-dealkylation sites (tertiary alicyclic amines) is 1. The van der Waals surface area contributed by atoms with Gasteiger partial charge < -0.3 is 15.1 Å². The van der Waals surface area contributed by atoms with Gasteiger partial charge in [-0.2, -0.15) is 5.26 Å². The van der Waals surface area contributed by atoms with E-state index in [1.54, 1.807) is 12.4 Å². The minimum absolute atomic E-state index is 0.0368. The summed E-state index contributed by atoms with van der Waals surface area (Å²) in [5.41, 5.74) is 0. The number of nitriles is 1. The number of aromatic nitrogens is 2. The van der Waals surface area contributed by atoms with Crippen molar-refractivity contribution in [2.75, 3.05) is 18.0 Å². The number of nitrogens with zero attached hydrogens (tertiary/aromatic N) is 5. The predicted molar refractivity (Wildman–Crippen MR) is 93.0 cm³/mol. The van der Waals surface area contributed by atoms with Gasteiger partial charge in [-0.3, -0.25) is 9.78 Å². The zero-order chi connectivity index (χ0) is 18.1. The van der Waals surface area contributed by atoms with E-state index in [0.717, 1.165) is 31.5 Å². The quantitative estimate of drug-likeness (QED) is 0.865. The molecule has 1 N–H and O–H groups in total. The molecule has 0 spiro atoms.